The second kappa shape index (κ2) is 9.09. The summed E-state index contributed by atoms with van der Waals surface area (Å²) in [5, 5.41) is 18.5. The predicted octanol–water partition coefficient (Wildman–Crippen LogP) is 3.53. The van der Waals surface area contributed by atoms with Gasteiger partial charge in [-0.05, 0) is 57.9 Å². The van der Waals surface area contributed by atoms with Gasteiger partial charge < -0.3 is 24.4 Å². The number of carbonyl (C=O) groups is 2. The topological polar surface area (TPSA) is 102 Å². The van der Waals surface area contributed by atoms with Gasteiger partial charge in [0.25, 0.3) is 0 Å². The Kier molecular flexibility index (Phi) is 6.84. The van der Waals surface area contributed by atoms with Gasteiger partial charge in [0, 0.05) is 5.56 Å². The van der Waals surface area contributed by atoms with Crippen LogP contribution in [0.25, 0.3) is 6.08 Å². The van der Waals surface area contributed by atoms with Crippen LogP contribution in [0.1, 0.15) is 15.9 Å². The number of benzene rings is 2. The molecule has 0 unspecified atom stereocenters. The van der Waals surface area contributed by atoms with Crippen molar-refractivity contribution in [1.82, 2.24) is 0 Å². The van der Waals surface area contributed by atoms with Crippen LogP contribution in [0, 0.1) is 0 Å². The maximum absolute atomic E-state index is 12.4. The van der Waals surface area contributed by atoms with Crippen molar-refractivity contribution in [2.24, 2.45) is 0 Å². The zero-order valence-electron chi connectivity index (χ0n) is 14.6. The molecule has 0 aliphatic rings. The van der Waals surface area contributed by atoms with Crippen LogP contribution in [0.2, 0.25) is 0 Å². The number of ketones is 1. The Morgan fingerprint density at radius 1 is 1.07 bits per heavy atom. The van der Waals surface area contributed by atoms with Crippen molar-refractivity contribution >= 4 is 33.8 Å². The molecule has 0 bridgehead atoms. The smallest absolute Gasteiger partial charge is 0.341 e. The number of ether oxygens (including phenoxy) is 3. The number of carbonyl (C=O) groups excluding carboxylic acids is 1. The van der Waals surface area contributed by atoms with Crippen molar-refractivity contribution in [3.05, 3.63) is 52.0 Å². The zero-order valence-corrected chi connectivity index (χ0v) is 16.1. The quantitative estimate of drug-likeness (QED) is 0.481. The summed E-state index contributed by atoms with van der Waals surface area (Å²) in [7, 11) is 2.83. The van der Waals surface area contributed by atoms with Crippen molar-refractivity contribution in [2.45, 2.75) is 0 Å². The predicted molar refractivity (Wildman–Crippen MR) is 102 cm³/mol. The fourth-order valence-corrected chi connectivity index (χ4v) is 2.65. The first kappa shape index (κ1) is 20.3. The Balaban J connectivity index is 2.21. The van der Waals surface area contributed by atoms with Gasteiger partial charge in [0.15, 0.2) is 35.4 Å². The van der Waals surface area contributed by atoms with E-state index in [1.165, 1.54) is 38.5 Å². The summed E-state index contributed by atoms with van der Waals surface area (Å²) >= 11 is 3.22. The number of phenols is 1. The fourth-order valence-electron chi connectivity index (χ4n) is 2.19. The highest BCUT2D eigenvalue weighted by Crippen LogP contribution is 2.35. The van der Waals surface area contributed by atoms with Gasteiger partial charge in [-0.25, -0.2) is 4.79 Å². The molecule has 2 aromatic rings. The van der Waals surface area contributed by atoms with E-state index in [-0.39, 0.29) is 28.8 Å². The molecule has 27 heavy (non-hydrogen) atoms. The molecule has 0 radical (unpaired) electrons. The summed E-state index contributed by atoms with van der Waals surface area (Å²) in [4.78, 5) is 23.0. The molecular weight excluding hydrogens is 420 g/mol. The van der Waals surface area contributed by atoms with Crippen molar-refractivity contribution in [2.75, 3.05) is 20.8 Å². The number of hydrogen-bond donors (Lipinski definition) is 2. The molecule has 0 aliphatic carbocycles. The summed E-state index contributed by atoms with van der Waals surface area (Å²) < 4.78 is 15.8. The van der Waals surface area contributed by atoms with Gasteiger partial charge >= 0.3 is 5.97 Å². The number of methoxy groups -OCH3 is 2. The van der Waals surface area contributed by atoms with Gasteiger partial charge in [0.05, 0.1) is 18.7 Å². The van der Waals surface area contributed by atoms with Crippen LogP contribution in [0.15, 0.2) is 40.9 Å². The van der Waals surface area contributed by atoms with Crippen LogP contribution in [0.3, 0.4) is 0 Å². The first-order valence-electron chi connectivity index (χ1n) is 7.67. The van der Waals surface area contributed by atoms with Crippen LogP contribution >= 0.6 is 15.9 Å². The zero-order chi connectivity index (χ0) is 20.0. The highest BCUT2D eigenvalue weighted by molar-refractivity contribution is 9.10. The van der Waals surface area contributed by atoms with Gasteiger partial charge in [-0.2, -0.15) is 0 Å². The molecule has 142 valence electrons. The molecule has 0 saturated heterocycles. The third-order valence-corrected chi connectivity index (χ3v) is 4.10. The molecular formula is C19H17BrO7. The number of aliphatic carboxylic acids is 1. The van der Waals surface area contributed by atoms with Crippen molar-refractivity contribution < 1.29 is 34.0 Å². The standard InChI is InChI=1S/C19H17BrO7/c1-25-16-9-12(4-6-15(16)27-10-18(22)23)14(21)5-3-11-7-13(20)19(24)17(8-11)26-2/h3-9,24H,10H2,1-2H3,(H,22,23)/b5-3+. The van der Waals surface area contributed by atoms with Crippen molar-refractivity contribution in [3.63, 3.8) is 0 Å². The lowest BCUT2D eigenvalue weighted by Crippen LogP contribution is -2.10. The lowest BCUT2D eigenvalue weighted by Gasteiger charge is -2.10. The molecule has 0 aromatic heterocycles. The monoisotopic (exact) mass is 436 g/mol. The van der Waals surface area contributed by atoms with E-state index in [2.05, 4.69) is 15.9 Å². The second-order valence-electron chi connectivity index (χ2n) is 5.30. The molecule has 2 N–H and O–H groups in total. The Morgan fingerprint density at radius 3 is 2.41 bits per heavy atom. The van der Waals surface area contributed by atoms with Crippen molar-refractivity contribution in [3.8, 4) is 23.0 Å². The number of rotatable bonds is 8. The first-order valence-corrected chi connectivity index (χ1v) is 8.46. The van der Waals surface area contributed by atoms with E-state index >= 15 is 0 Å². The number of hydrogen-bond acceptors (Lipinski definition) is 6. The number of halogens is 1. The molecule has 0 aliphatic heterocycles. The summed E-state index contributed by atoms with van der Waals surface area (Å²) in [6.45, 7) is -0.513. The van der Waals surface area contributed by atoms with E-state index < -0.39 is 12.6 Å². The summed E-state index contributed by atoms with van der Waals surface area (Å²) in [5.41, 5.74) is 0.994. The third-order valence-electron chi connectivity index (χ3n) is 3.50. The minimum absolute atomic E-state index is 0.0253. The number of phenolic OH excluding ortho intramolecular Hbond substituents is 1. The minimum Gasteiger partial charge on any atom is -0.503 e. The van der Waals surface area contributed by atoms with E-state index in [4.69, 9.17) is 19.3 Å². The van der Waals surface area contributed by atoms with Gasteiger partial charge in [0.2, 0.25) is 0 Å². The molecule has 0 amide bonds. The molecule has 0 atom stereocenters. The molecule has 2 rings (SSSR count). The second-order valence-corrected chi connectivity index (χ2v) is 6.15. The highest BCUT2D eigenvalue weighted by atomic mass is 79.9. The Morgan fingerprint density at radius 2 is 1.78 bits per heavy atom. The Labute approximate surface area is 163 Å². The normalized spacial score (nSPS) is 10.6. The van der Waals surface area contributed by atoms with Crippen molar-refractivity contribution in [1.29, 1.82) is 0 Å². The molecule has 0 heterocycles. The van der Waals surface area contributed by atoms with Crippen LogP contribution < -0.4 is 14.2 Å². The van der Waals surface area contributed by atoms with Crippen LogP contribution in [0.4, 0.5) is 0 Å². The molecule has 0 saturated carbocycles. The van der Waals surface area contributed by atoms with Crippen LogP contribution in [-0.4, -0.2) is 42.8 Å². The fraction of sp³-hybridized carbons (Fsp3) is 0.158. The molecule has 8 heteroatoms. The largest absolute Gasteiger partial charge is 0.503 e. The maximum atomic E-state index is 12.4. The lowest BCUT2D eigenvalue weighted by atomic mass is 10.1. The SMILES string of the molecule is COc1cc(C(=O)/C=C/c2cc(Br)c(O)c(OC)c2)ccc1OCC(=O)O. The highest BCUT2D eigenvalue weighted by Gasteiger charge is 2.11. The molecule has 0 spiro atoms. The Bertz CT molecular complexity index is 890. The van der Waals surface area contributed by atoms with Gasteiger partial charge in [0.1, 0.15) is 0 Å². The van der Waals surface area contributed by atoms with Crippen LogP contribution in [-0.2, 0) is 4.79 Å². The molecule has 2 aromatic carbocycles. The third kappa shape index (κ3) is 5.24. The number of aromatic hydroxyl groups is 1. The number of carboxylic acids is 1. The van der Waals surface area contributed by atoms with Gasteiger partial charge in [-0.1, -0.05) is 6.08 Å². The van der Waals surface area contributed by atoms with E-state index in [0.717, 1.165) is 0 Å². The average Bonchev–Trinajstić information content (AvgIpc) is 2.66. The van der Waals surface area contributed by atoms with Gasteiger partial charge in [-0.3, -0.25) is 4.79 Å². The lowest BCUT2D eigenvalue weighted by molar-refractivity contribution is -0.139. The first-order chi connectivity index (χ1) is 12.8. The van der Waals surface area contributed by atoms with E-state index in [9.17, 15) is 14.7 Å². The van der Waals surface area contributed by atoms with E-state index in [1.807, 2.05) is 0 Å². The molecule has 0 fully saturated rings. The number of carboxylic acid groups (broad SMARTS) is 1. The van der Waals surface area contributed by atoms with E-state index in [1.54, 1.807) is 18.2 Å². The van der Waals surface area contributed by atoms with Crippen LogP contribution in [0.5, 0.6) is 23.0 Å². The molecule has 7 nitrogen and oxygen atoms in total. The maximum Gasteiger partial charge on any atom is 0.341 e. The Hall–Kier alpha value is -3.00. The summed E-state index contributed by atoms with van der Waals surface area (Å²) in [6, 6.07) is 7.69. The number of allylic oxidation sites excluding steroid dienone is 1. The summed E-state index contributed by atoms with van der Waals surface area (Å²) in [5.74, 6) is -0.671. The van der Waals surface area contributed by atoms with Gasteiger partial charge in [-0.15, -0.1) is 0 Å². The average molecular weight is 437 g/mol. The minimum atomic E-state index is -1.12. The van der Waals surface area contributed by atoms with E-state index in [0.29, 0.717) is 15.6 Å². The summed E-state index contributed by atoms with van der Waals surface area (Å²) in [6.07, 6.45) is 2.95.